The van der Waals surface area contributed by atoms with Crippen molar-refractivity contribution in [1.29, 1.82) is 0 Å². The highest BCUT2D eigenvalue weighted by Gasteiger charge is 2.19. The van der Waals surface area contributed by atoms with Crippen molar-refractivity contribution in [3.05, 3.63) is 0 Å². The molecule has 380 valence electrons. The average molecular weight is 906 g/mol. The zero-order valence-corrected chi connectivity index (χ0v) is 43.9. The summed E-state index contributed by atoms with van der Waals surface area (Å²) in [5.74, 6) is 0.863. The Morgan fingerprint density at radius 2 is 0.594 bits per heavy atom. The van der Waals surface area contributed by atoms with E-state index in [1.807, 2.05) is 0 Å². The van der Waals surface area contributed by atoms with E-state index in [9.17, 15) is 14.4 Å². The maximum absolute atomic E-state index is 12.8. The molecule has 0 saturated heterocycles. The zero-order valence-electron chi connectivity index (χ0n) is 43.9. The first-order valence-electron chi connectivity index (χ1n) is 28.8. The Morgan fingerprint density at radius 3 is 0.891 bits per heavy atom. The van der Waals surface area contributed by atoms with Gasteiger partial charge in [-0.05, 0) is 31.1 Å². The Bertz CT molecular complexity index is 980. The molecule has 0 radical (unpaired) electrons. The van der Waals surface area contributed by atoms with Gasteiger partial charge in [-0.2, -0.15) is 0 Å². The number of esters is 3. The number of unbranched alkanes of at least 4 members (excludes halogenated alkanes) is 36. The van der Waals surface area contributed by atoms with Crippen LogP contribution < -0.4 is 0 Å². The van der Waals surface area contributed by atoms with E-state index in [0.29, 0.717) is 19.3 Å². The fraction of sp³-hybridized carbons (Fsp3) is 0.948. The van der Waals surface area contributed by atoms with Gasteiger partial charge in [0.15, 0.2) is 6.10 Å². The number of carbonyl (C=O) groups excluding carboxylic acids is 3. The topological polar surface area (TPSA) is 78.9 Å². The summed E-state index contributed by atoms with van der Waals surface area (Å²) < 4.78 is 16.9. The van der Waals surface area contributed by atoms with Gasteiger partial charge in [0.2, 0.25) is 0 Å². The van der Waals surface area contributed by atoms with Crippen LogP contribution >= 0.6 is 0 Å². The first-order valence-corrected chi connectivity index (χ1v) is 28.8. The van der Waals surface area contributed by atoms with Crippen molar-refractivity contribution in [2.24, 2.45) is 11.8 Å². The summed E-state index contributed by atoms with van der Waals surface area (Å²) in [6.07, 6.45) is 53.8. The van der Waals surface area contributed by atoms with Gasteiger partial charge in [0.05, 0.1) is 0 Å². The molecule has 0 aromatic carbocycles. The Balaban J connectivity index is 4.20. The number of ether oxygens (including phenoxy) is 3. The van der Waals surface area contributed by atoms with E-state index in [4.69, 9.17) is 14.2 Å². The third-order valence-electron chi connectivity index (χ3n) is 13.6. The van der Waals surface area contributed by atoms with Crippen molar-refractivity contribution in [1.82, 2.24) is 0 Å². The minimum absolute atomic E-state index is 0.0631. The summed E-state index contributed by atoms with van der Waals surface area (Å²) in [4.78, 5) is 38.0. The Kier molecular flexibility index (Phi) is 49.6. The first kappa shape index (κ1) is 62.4. The largest absolute Gasteiger partial charge is 0.462 e. The lowest BCUT2D eigenvalue weighted by molar-refractivity contribution is -0.167. The molecule has 0 fully saturated rings. The molecule has 2 atom stereocenters. The molecule has 0 heterocycles. The first-order chi connectivity index (χ1) is 31.3. The number of hydrogen-bond donors (Lipinski definition) is 0. The fourth-order valence-electron chi connectivity index (χ4n) is 8.84. The standard InChI is InChI=1S/C58H112O6/c1-6-8-9-10-11-12-13-20-25-28-35-40-45-50-58(61)64-55(52-63-57(60)49-44-39-34-30-29-31-36-41-46-53(3)4)51-62-56(59)48-43-38-33-27-24-22-19-17-15-14-16-18-21-23-26-32-37-42-47-54(5)7-2/h53-55H,6-52H2,1-5H3/t54?,55-/m1/s1. The monoisotopic (exact) mass is 905 g/mol. The van der Waals surface area contributed by atoms with Gasteiger partial charge in [0.25, 0.3) is 0 Å². The van der Waals surface area contributed by atoms with Crippen molar-refractivity contribution in [2.75, 3.05) is 13.2 Å². The van der Waals surface area contributed by atoms with Gasteiger partial charge >= 0.3 is 17.9 Å². The zero-order chi connectivity index (χ0) is 46.8. The van der Waals surface area contributed by atoms with E-state index in [1.54, 1.807) is 0 Å². The van der Waals surface area contributed by atoms with Gasteiger partial charge in [-0.1, -0.05) is 285 Å². The quantitative estimate of drug-likeness (QED) is 0.0344. The fourth-order valence-corrected chi connectivity index (χ4v) is 8.84. The molecular weight excluding hydrogens is 793 g/mol. The lowest BCUT2D eigenvalue weighted by Crippen LogP contribution is -2.30. The molecule has 0 amide bonds. The average Bonchev–Trinajstić information content (AvgIpc) is 3.28. The van der Waals surface area contributed by atoms with Crippen LogP contribution in [-0.4, -0.2) is 37.2 Å². The molecule has 64 heavy (non-hydrogen) atoms. The summed E-state index contributed by atoms with van der Waals surface area (Å²) in [5, 5.41) is 0. The van der Waals surface area contributed by atoms with Crippen LogP contribution in [0.25, 0.3) is 0 Å². The van der Waals surface area contributed by atoms with Crippen LogP contribution in [-0.2, 0) is 28.6 Å². The van der Waals surface area contributed by atoms with E-state index in [0.717, 1.165) is 69.6 Å². The van der Waals surface area contributed by atoms with Crippen molar-refractivity contribution in [2.45, 2.75) is 330 Å². The molecule has 0 aliphatic heterocycles. The molecule has 0 aromatic rings. The second kappa shape index (κ2) is 50.8. The maximum Gasteiger partial charge on any atom is 0.306 e. The summed E-state index contributed by atoms with van der Waals surface area (Å²) in [6, 6.07) is 0. The SMILES string of the molecule is CCCCCCCCCCCCCCCC(=O)O[C@H](COC(=O)CCCCCCCCCCCCCCCCCCCCC(C)CC)COC(=O)CCCCCCCCCCC(C)C. The van der Waals surface area contributed by atoms with Crippen molar-refractivity contribution < 1.29 is 28.6 Å². The second-order valence-corrected chi connectivity index (χ2v) is 20.6. The highest BCUT2D eigenvalue weighted by Crippen LogP contribution is 2.18. The molecule has 0 aromatic heterocycles. The summed E-state index contributed by atoms with van der Waals surface area (Å²) in [7, 11) is 0. The van der Waals surface area contributed by atoms with Crippen LogP contribution in [0.5, 0.6) is 0 Å². The number of carbonyl (C=O) groups is 3. The molecule has 0 bridgehead atoms. The maximum atomic E-state index is 12.8. The predicted octanol–water partition coefficient (Wildman–Crippen LogP) is 18.9. The third-order valence-corrected chi connectivity index (χ3v) is 13.6. The van der Waals surface area contributed by atoms with Crippen LogP contribution in [0, 0.1) is 11.8 Å². The predicted molar refractivity (Wildman–Crippen MR) is 275 cm³/mol. The van der Waals surface area contributed by atoms with E-state index >= 15 is 0 Å². The van der Waals surface area contributed by atoms with Gasteiger partial charge in [-0.25, -0.2) is 0 Å². The molecular formula is C58H112O6. The van der Waals surface area contributed by atoms with Crippen LogP contribution in [0.1, 0.15) is 324 Å². The van der Waals surface area contributed by atoms with Crippen LogP contribution in [0.4, 0.5) is 0 Å². The van der Waals surface area contributed by atoms with Gasteiger partial charge in [-0.15, -0.1) is 0 Å². The molecule has 0 spiro atoms. The van der Waals surface area contributed by atoms with E-state index in [-0.39, 0.29) is 31.1 Å². The minimum atomic E-state index is -0.762. The summed E-state index contributed by atoms with van der Waals surface area (Å²) in [6.45, 7) is 11.4. The van der Waals surface area contributed by atoms with Gasteiger partial charge < -0.3 is 14.2 Å². The summed E-state index contributed by atoms with van der Waals surface area (Å²) >= 11 is 0. The molecule has 6 nitrogen and oxygen atoms in total. The van der Waals surface area contributed by atoms with E-state index in [2.05, 4.69) is 34.6 Å². The Morgan fingerprint density at radius 1 is 0.328 bits per heavy atom. The summed E-state index contributed by atoms with van der Waals surface area (Å²) in [5.41, 5.74) is 0. The molecule has 0 rings (SSSR count). The number of hydrogen-bond acceptors (Lipinski definition) is 6. The lowest BCUT2D eigenvalue weighted by Gasteiger charge is -2.18. The van der Waals surface area contributed by atoms with Crippen LogP contribution in [0.2, 0.25) is 0 Å². The van der Waals surface area contributed by atoms with Crippen molar-refractivity contribution in [3.8, 4) is 0 Å². The molecule has 0 saturated carbocycles. The van der Waals surface area contributed by atoms with Crippen molar-refractivity contribution >= 4 is 17.9 Å². The van der Waals surface area contributed by atoms with Gasteiger partial charge in [-0.3, -0.25) is 14.4 Å². The van der Waals surface area contributed by atoms with E-state index in [1.165, 1.54) is 212 Å². The minimum Gasteiger partial charge on any atom is -0.462 e. The molecule has 0 N–H and O–H groups in total. The van der Waals surface area contributed by atoms with Gasteiger partial charge in [0, 0.05) is 19.3 Å². The number of rotatable bonds is 52. The molecule has 6 heteroatoms. The lowest BCUT2D eigenvalue weighted by atomic mass is 9.99. The second-order valence-electron chi connectivity index (χ2n) is 20.6. The normalized spacial score (nSPS) is 12.5. The molecule has 0 aliphatic carbocycles. The van der Waals surface area contributed by atoms with E-state index < -0.39 is 6.10 Å². The van der Waals surface area contributed by atoms with Crippen LogP contribution in [0.15, 0.2) is 0 Å². The highest BCUT2D eigenvalue weighted by molar-refractivity contribution is 5.71. The Labute approximate surface area is 399 Å². The van der Waals surface area contributed by atoms with Gasteiger partial charge in [0.1, 0.15) is 13.2 Å². The van der Waals surface area contributed by atoms with Crippen LogP contribution in [0.3, 0.4) is 0 Å². The third kappa shape index (κ3) is 49.8. The van der Waals surface area contributed by atoms with Crippen molar-refractivity contribution in [3.63, 3.8) is 0 Å². The molecule has 1 unspecified atom stereocenters. The molecule has 0 aliphatic rings. The highest BCUT2D eigenvalue weighted by atomic mass is 16.6. The smallest absolute Gasteiger partial charge is 0.306 e. The Hall–Kier alpha value is -1.59.